The number of hydrogen-bond donors (Lipinski definition) is 4. The average Bonchev–Trinajstić information content (AvgIpc) is 2.22. The van der Waals surface area contributed by atoms with Gasteiger partial charge in [0.1, 0.15) is 0 Å². The second-order valence-electron chi connectivity index (χ2n) is 3.77. The molecular formula is C10H24N4. The summed E-state index contributed by atoms with van der Waals surface area (Å²) in [7, 11) is 0. The van der Waals surface area contributed by atoms with Crippen molar-refractivity contribution in [1.82, 2.24) is 21.5 Å². The summed E-state index contributed by atoms with van der Waals surface area (Å²) >= 11 is 0. The van der Waals surface area contributed by atoms with Crippen molar-refractivity contribution >= 4 is 0 Å². The van der Waals surface area contributed by atoms with Gasteiger partial charge in [0.25, 0.3) is 0 Å². The molecule has 0 atom stereocenters. The van der Waals surface area contributed by atoms with Crippen LogP contribution in [0.15, 0.2) is 0 Å². The number of rotatable bonds is 0. The maximum atomic E-state index is 3.46. The third-order valence-corrected chi connectivity index (χ3v) is 2.41. The quantitative estimate of drug-likeness (QED) is 0.439. The van der Waals surface area contributed by atoms with Crippen LogP contribution in [-0.2, 0) is 0 Å². The van der Waals surface area contributed by atoms with Crippen molar-refractivity contribution in [3.63, 3.8) is 0 Å². The molecule has 0 aliphatic carbocycles. The van der Waals surface area contributed by atoms with Gasteiger partial charge in [0.05, 0.1) is 0 Å². The Morgan fingerprint density at radius 1 is 0.429 bits per heavy atom. The molecule has 0 aromatic carbocycles. The third-order valence-electron chi connectivity index (χ3n) is 2.41. The molecule has 0 amide bonds. The van der Waals surface area contributed by atoms with Gasteiger partial charge in [-0.2, -0.15) is 0 Å². The molecule has 0 radical (unpaired) electrons. The van der Waals surface area contributed by atoms with Crippen LogP contribution in [0.25, 0.3) is 0 Å². The zero-order valence-electron chi connectivity index (χ0n) is 9.07. The molecule has 4 N–H and O–H groups in total. The van der Waals surface area contributed by atoms with Crippen LogP contribution in [0.1, 0.15) is 25.7 Å². The molecule has 0 aromatic heterocycles. The molecule has 4 nitrogen and oxygen atoms in total. The zero-order chi connectivity index (χ0) is 9.90. The molecule has 0 unspecified atom stereocenters. The first-order chi connectivity index (χ1) is 7.00. The van der Waals surface area contributed by atoms with Crippen LogP contribution in [-0.4, -0.2) is 39.3 Å². The summed E-state index contributed by atoms with van der Waals surface area (Å²) in [4.78, 5) is 0. The zero-order valence-corrected chi connectivity index (χ0v) is 9.07. The lowest BCUT2D eigenvalue weighted by molar-refractivity contribution is 0.478. The van der Waals surface area contributed by atoms with Crippen LogP contribution < -0.4 is 21.5 Å². The Kier molecular flexibility index (Phi) is 8.00. The summed E-state index contributed by atoms with van der Waals surface area (Å²) in [6, 6.07) is 0. The Labute approximate surface area is 87.2 Å². The van der Waals surface area contributed by atoms with Crippen molar-refractivity contribution in [3.05, 3.63) is 0 Å². The fraction of sp³-hybridized carbons (Fsp3) is 1.00. The van der Waals surface area contributed by atoms with E-state index in [1.54, 1.807) is 0 Å². The van der Waals surface area contributed by atoms with Crippen LogP contribution in [0.5, 0.6) is 0 Å². The average molecular weight is 200 g/mol. The topological polar surface area (TPSA) is 48.1 Å². The predicted molar refractivity (Wildman–Crippen MR) is 60.2 cm³/mol. The smallest absolute Gasteiger partial charge is 0.0225 e. The monoisotopic (exact) mass is 200 g/mol. The molecule has 1 aliphatic heterocycles. The van der Waals surface area contributed by atoms with E-state index in [9.17, 15) is 0 Å². The lowest BCUT2D eigenvalue weighted by Gasteiger charge is -2.10. The summed E-state index contributed by atoms with van der Waals surface area (Å²) in [5, 5.41) is 6.86. The van der Waals surface area contributed by atoms with E-state index >= 15 is 0 Å². The van der Waals surface area contributed by atoms with E-state index in [1.165, 1.54) is 32.2 Å². The van der Waals surface area contributed by atoms with E-state index in [1.807, 2.05) is 0 Å². The first-order valence-electron chi connectivity index (χ1n) is 5.87. The van der Waals surface area contributed by atoms with Crippen LogP contribution in [0, 0.1) is 0 Å². The summed E-state index contributed by atoms with van der Waals surface area (Å²) in [5.41, 5.74) is 6.44. The second-order valence-corrected chi connectivity index (χ2v) is 3.77. The van der Waals surface area contributed by atoms with Crippen molar-refractivity contribution in [2.75, 3.05) is 39.3 Å². The second kappa shape index (κ2) is 9.40. The van der Waals surface area contributed by atoms with Gasteiger partial charge in [0.2, 0.25) is 0 Å². The maximum Gasteiger partial charge on any atom is 0.0225 e. The highest BCUT2D eigenvalue weighted by Gasteiger charge is 1.93. The van der Waals surface area contributed by atoms with E-state index in [0.29, 0.717) is 0 Å². The van der Waals surface area contributed by atoms with Gasteiger partial charge in [0, 0.05) is 19.6 Å². The summed E-state index contributed by atoms with van der Waals surface area (Å²) in [6.07, 6.45) is 5.12. The van der Waals surface area contributed by atoms with E-state index in [2.05, 4.69) is 21.5 Å². The standard InChI is InChI=1S/C10H24N4/c1-2-5-11-6-4-7-12-9-10-14-13-8-3-1/h11-14H,1-10H2. The highest BCUT2D eigenvalue weighted by atomic mass is 15.3. The molecule has 0 aromatic rings. The minimum Gasteiger partial charge on any atom is -0.317 e. The lowest BCUT2D eigenvalue weighted by Crippen LogP contribution is -2.38. The molecule has 0 bridgehead atoms. The molecule has 1 aliphatic rings. The Bertz CT molecular complexity index is 65.4. The highest BCUT2D eigenvalue weighted by molar-refractivity contribution is 4.55. The van der Waals surface area contributed by atoms with Gasteiger partial charge in [0.15, 0.2) is 0 Å². The number of nitrogens with one attached hydrogen (secondary N) is 4. The van der Waals surface area contributed by atoms with E-state index in [-0.39, 0.29) is 0 Å². The Balaban J connectivity index is 2.00. The normalized spacial score (nSPS) is 24.0. The van der Waals surface area contributed by atoms with Gasteiger partial charge in [-0.15, -0.1) is 0 Å². The fourth-order valence-electron chi connectivity index (χ4n) is 1.56. The van der Waals surface area contributed by atoms with Gasteiger partial charge in [-0.05, 0) is 38.9 Å². The molecule has 84 valence electrons. The Morgan fingerprint density at radius 2 is 1.07 bits per heavy atom. The Morgan fingerprint density at radius 3 is 2.00 bits per heavy atom. The van der Waals surface area contributed by atoms with E-state index in [4.69, 9.17) is 0 Å². The summed E-state index contributed by atoms with van der Waals surface area (Å²) in [5.74, 6) is 0. The SMILES string of the molecule is C1CCNCCCNCCNNCC1. The number of hydrogen-bond acceptors (Lipinski definition) is 4. The molecule has 1 fully saturated rings. The number of hydrazine groups is 1. The largest absolute Gasteiger partial charge is 0.317 e. The third kappa shape index (κ3) is 7.26. The van der Waals surface area contributed by atoms with Crippen molar-refractivity contribution in [1.29, 1.82) is 0 Å². The minimum absolute atomic E-state index is 1.01. The molecule has 0 saturated carbocycles. The minimum atomic E-state index is 1.01. The van der Waals surface area contributed by atoms with Gasteiger partial charge in [-0.25, -0.2) is 0 Å². The molecule has 1 saturated heterocycles. The summed E-state index contributed by atoms with van der Waals surface area (Å²) < 4.78 is 0. The predicted octanol–water partition coefficient (Wildman–Crippen LogP) is -0.166. The van der Waals surface area contributed by atoms with Crippen LogP contribution in [0.4, 0.5) is 0 Å². The van der Waals surface area contributed by atoms with E-state index in [0.717, 1.165) is 32.7 Å². The highest BCUT2D eigenvalue weighted by Crippen LogP contribution is 1.91. The summed E-state index contributed by atoms with van der Waals surface area (Å²) in [6.45, 7) is 6.58. The van der Waals surface area contributed by atoms with Crippen molar-refractivity contribution < 1.29 is 0 Å². The molecular weight excluding hydrogens is 176 g/mol. The Hall–Kier alpha value is -0.160. The molecule has 4 heteroatoms. The van der Waals surface area contributed by atoms with Gasteiger partial charge >= 0.3 is 0 Å². The van der Waals surface area contributed by atoms with Gasteiger partial charge < -0.3 is 10.6 Å². The van der Waals surface area contributed by atoms with Crippen molar-refractivity contribution in [2.24, 2.45) is 0 Å². The van der Waals surface area contributed by atoms with Crippen LogP contribution >= 0.6 is 0 Å². The van der Waals surface area contributed by atoms with Crippen molar-refractivity contribution in [2.45, 2.75) is 25.7 Å². The van der Waals surface area contributed by atoms with Crippen LogP contribution in [0.3, 0.4) is 0 Å². The fourth-order valence-corrected chi connectivity index (χ4v) is 1.56. The maximum absolute atomic E-state index is 3.46. The van der Waals surface area contributed by atoms with Gasteiger partial charge in [-0.1, -0.05) is 6.42 Å². The molecule has 1 heterocycles. The van der Waals surface area contributed by atoms with Crippen molar-refractivity contribution in [3.8, 4) is 0 Å². The molecule has 1 rings (SSSR count). The lowest BCUT2D eigenvalue weighted by atomic mass is 10.2. The van der Waals surface area contributed by atoms with Gasteiger partial charge in [-0.3, -0.25) is 10.9 Å². The van der Waals surface area contributed by atoms with E-state index < -0.39 is 0 Å². The first kappa shape index (κ1) is 11.9. The molecule has 0 spiro atoms. The molecule has 14 heavy (non-hydrogen) atoms. The first-order valence-corrected chi connectivity index (χ1v) is 5.87. The van der Waals surface area contributed by atoms with Crippen LogP contribution in [0.2, 0.25) is 0 Å².